The summed E-state index contributed by atoms with van der Waals surface area (Å²) in [7, 11) is 0. The number of hydrogen-bond acceptors (Lipinski definition) is 4. The largest absolute Gasteiger partial charge is 0.329 e. The Bertz CT molecular complexity index is 1360. The molecule has 1 fully saturated rings. The van der Waals surface area contributed by atoms with E-state index in [9.17, 15) is 14.4 Å². The van der Waals surface area contributed by atoms with Crippen molar-refractivity contribution in [3.63, 3.8) is 0 Å². The number of rotatable bonds is 6. The number of aromatic amines is 1. The van der Waals surface area contributed by atoms with E-state index in [1.165, 1.54) is 10.8 Å². The highest BCUT2D eigenvalue weighted by molar-refractivity contribution is 6.30. The molecule has 0 spiro atoms. The number of nitriles is 1. The van der Waals surface area contributed by atoms with Crippen LogP contribution in [0.5, 0.6) is 0 Å². The van der Waals surface area contributed by atoms with Crippen molar-refractivity contribution in [2.45, 2.75) is 26.3 Å². The minimum Gasteiger partial charge on any atom is -0.303 e. The van der Waals surface area contributed by atoms with Crippen molar-refractivity contribution in [1.29, 1.82) is 5.26 Å². The van der Waals surface area contributed by atoms with Crippen molar-refractivity contribution in [2.75, 3.05) is 0 Å². The minimum atomic E-state index is -0.571. The summed E-state index contributed by atoms with van der Waals surface area (Å²) in [5.41, 5.74) is 2.40. The molecule has 0 radical (unpaired) electrons. The summed E-state index contributed by atoms with van der Waals surface area (Å²) < 4.78 is 1.37. The van der Waals surface area contributed by atoms with Crippen LogP contribution >= 0.6 is 11.6 Å². The van der Waals surface area contributed by atoms with Gasteiger partial charge in [-0.15, -0.1) is 0 Å². The molecule has 8 nitrogen and oxygen atoms in total. The van der Waals surface area contributed by atoms with Crippen LogP contribution in [0, 0.1) is 11.3 Å². The van der Waals surface area contributed by atoms with E-state index in [4.69, 9.17) is 16.9 Å². The monoisotopic (exact) mass is 461 g/mol. The summed E-state index contributed by atoms with van der Waals surface area (Å²) in [6.07, 6.45) is 2.78. The van der Waals surface area contributed by atoms with Gasteiger partial charge in [0.25, 0.3) is 11.5 Å². The first-order valence-electron chi connectivity index (χ1n) is 10.3. The van der Waals surface area contributed by atoms with Gasteiger partial charge >= 0.3 is 6.03 Å². The van der Waals surface area contributed by atoms with Gasteiger partial charge in [0, 0.05) is 10.7 Å². The number of carbonyl (C=O) groups excluding carboxylic acids is 2. The lowest BCUT2D eigenvalue weighted by Crippen LogP contribution is -2.30. The topological polar surface area (TPSA) is 111 Å². The first-order valence-corrected chi connectivity index (χ1v) is 10.7. The van der Waals surface area contributed by atoms with Gasteiger partial charge in [-0.05, 0) is 48.4 Å². The Morgan fingerprint density at radius 3 is 2.55 bits per heavy atom. The smallest absolute Gasteiger partial charge is 0.303 e. The maximum absolute atomic E-state index is 13.2. The Hall–Kier alpha value is -4.09. The van der Waals surface area contributed by atoms with Crippen molar-refractivity contribution in [3.8, 4) is 11.8 Å². The lowest BCUT2D eigenvalue weighted by Gasteiger charge is -2.11. The Labute approximate surface area is 194 Å². The molecule has 2 N–H and O–H groups in total. The van der Waals surface area contributed by atoms with Crippen molar-refractivity contribution in [2.24, 2.45) is 0 Å². The molecule has 1 aromatic heterocycles. The normalized spacial score (nSPS) is 14.6. The molecule has 0 unspecified atom stereocenters. The molecule has 0 bridgehead atoms. The molecule has 2 aromatic carbocycles. The number of nitrogens with one attached hydrogen (secondary N) is 2. The first kappa shape index (κ1) is 22.1. The van der Waals surface area contributed by atoms with Crippen molar-refractivity contribution in [3.05, 3.63) is 92.0 Å². The van der Waals surface area contributed by atoms with Crippen molar-refractivity contribution < 1.29 is 9.59 Å². The van der Waals surface area contributed by atoms with Gasteiger partial charge in [-0.2, -0.15) is 5.26 Å². The van der Waals surface area contributed by atoms with E-state index in [2.05, 4.69) is 10.4 Å². The molecule has 1 saturated heterocycles. The Balaban J connectivity index is 1.67. The van der Waals surface area contributed by atoms with Crippen LogP contribution < -0.4 is 10.9 Å². The zero-order valence-electron chi connectivity index (χ0n) is 17.8. The van der Waals surface area contributed by atoms with Crippen LogP contribution in [0.4, 0.5) is 4.79 Å². The fraction of sp³-hybridized carbons (Fsp3) is 0.167. The third-order valence-electron chi connectivity index (χ3n) is 5.25. The van der Waals surface area contributed by atoms with E-state index in [0.717, 1.165) is 11.3 Å². The highest BCUT2D eigenvalue weighted by Crippen LogP contribution is 2.19. The van der Waals surface area contributed by atoms with Crippen LogP contribution in [-0.2, 0) is 17.8 Å². The van der Waals surface area contributed by atoms with E-state index in [1.54, 1.807) is 48.5 Å². The number of aryl methyl sites for hydroxylation is 1. The average molecular weight is 462 g/mol. The predicted molar refractivity (Wildman–Crippen MR) is 124 cm³/mol. The van der Waals surface area contributed by atoms with E-state index < -0.39 is 11.9 Å². The van der Waals surface area contributed by atoms with Gasteiger partial charge in [-0.25, -0.2) is 9.48 Å². The molecule has 0 aliphatic carbocycles. The third kappa shape index (κ3) is 4.45. The van der Waals surface area contributed by atoms with Gasteiger partial charge in [0.05, 0.1) is 29.4 Å². The van der Waals surface area contributed by atoms with Crippen LogP contribution in [0.3, 0.4) is 0 Å². The second-order valence-electron chi connectivity index (χ2n) is 7.56. The fourth-order valence-corrected chi connectivity index (χ4v) is 3.79. The van der Waals surface area contributed by atoms with E-state index in [1.807, 2.05) is 13.0 Å². The van der Waals surface area contributed by atoms with Crippen LogP contribution in [-0.4, -0.2) is 26.6 Å². The standard InChI is InChI=1S/C24H20ClN5O3/c1-2-4-20-19(22(31)30(28-20)18-6-3-5-17(25)11-18)12-21-23(32)29(24(33)27-21)14-16-9-7-15(13-26)8-10-16/h3,5-12,28H,2,4,14H2,1H3,(H,27,33)/b21-12-. The summed E-state index contributed by atoms with van der Waals surface area (Å²) in [6, 6.07) is 14.9. The molecule has 33 heavy (non-hydrogen) atoms. The molecule has 1 aliphatic rings. The number of urea groups is 1. The van der Waals surface area contributed by atoms with Gasteiger partial charge in [0.1, 0.15) is 5.70 Å². The summed E-state index contributed by atoms with van der Waals surface area (Å²) in [6.45, 7) is 2.03. The second kappa shape index (κ2) is 9.18. The summed E-state index contributed by atoms with van der Waals surface area (Å²) >= 11 is 6.07. The average Bonchev–Trinajstić information content (AvgIpc) is 3.25. The fourth-order valence-electron chi connectivity index (χ4n) is 3.61. The van der Waals surface area contributed by atoms with Crippen molar-refractivity contribution in [1.82, 2.24) is 20.0 Å². The molecule has 9 heteroatoms. The molecule has 0 saturated carbocycles. The molecule has 166 valence electrons. The summed E-state index contributed by atoms with van der Waals surface area (Å²) in [5, 5.41) is 15.1. The van der Waals surface area contributed by atoms with Gasteiger partial charge in [0.15, 0.2) is 0 Å². The van der Waals surface area contributed by atoms with Crippen LogP contribution in [0.15, 0.2) is 59.0 Å². The number of hydrogen-bond donors (Lipinski definition) is 2. The molecule has 1 aliphatic heterocycles. The number of H-pyrrole nitrogens is 1. The lowest BCUT2D eigenvalue weighted by molar-refractivity contribution is -0.123. The van der Waals surface area contributed by atoms with Gasteiger partial charge in [-0.1, -0.05) is 43.1 Å². The van der Waals surface area contributed by atoms with Crippen LogP contribution in [0.2, 0.25) is 5.02 Å². The number of nitrogens with zero attached hydrogens (tertiary/aromatic N) is 3. The Kier molecular flexibility index (Phi) is 6.16. The van der Waals surface area contributed by atoms with Gasteiger partial charge in [-0.3, -0.25) is 19.6 Å². The highest BCUT2D eigenvalue weighted by atomic mass is 35.5. The summed E-state index contributed by atoms with van der Waals surface area (Å²) in [4.78, 5) is 39.6. The number of amides is 3. The molecule has 3 aromatic rings. The highest BCUT2D eigenvalue weighted by Gasteiger charge is 2.34. The molecule has 3 amide bonds. The van der Waals surface area contributed by atoms with E-state index in [-0.39, 0.29) is 17.8 Å². The SMILES string of the molecule is CCCc1[nH]n(-c2cccc(Cl)c2)c(=O)c1/C=C1\NC(=O)N(Cc2ccc(C#N)cc2)C1=O. The lowest BCUT2D eigenvalue weighted by atomic mass is 10.1. The maximum atomic E-state index is 13.2. The minimum absolute atomic E-state index is 0.0281. The van der Waals surface area contributed by atoms with E-state index >= 15 is 0 Å². The number of benzene rings is 2. The molecule has 0 atom stereocenters. The molecular weight excluding hydrogens is 442 g/mol. The number of aromatic nitrogens is 2. The quantitative estimate of drug-likeness (QED) is 0.430. The van der Waals surface area contributed by atoms with Gasteiger partial charge in [0.2, 0.25) is 0 Å². The Morgan fingerprint density at radius 1 is 1.12 bits per heavy atom. The van der Waals surface area contributed by atoms with Crippen LogP contribution in [0.25, 0.3) is 11.8 Å². The zero-order chi connectivity index (χ0) is 23.5. The van der Waals surface area contributed by atoms with Gasteiger partial charge < -0.3 is 5.32 Å². The first-order chi connectivity index (χ1) is 15.9. The van der Waals surface area contributed by atoms with Crippen LogP contribution in [0.1, 0.15) is 35.7 Å². The molecular formula is C24H20ClN5O3. The molecule has 2 heterocycles. The van der Waals surface area contributed by atoms with Crippen molar-refractivity contribution >= 4 is 29.6 Å². The summed E-state index contributed by atoms with van der Waals surface area (Å²) in [5.74, 6) is -0.526. The number of carbonyl (C=O) groups is 2. The predicted octanol–water partition coefficient (Wildman–Crippen LogP) is 3.74. The Morgan fingerprint density at radius 2 is 1.88 bits per heavy atom. The third-order valence-corrected chi connectivity index (χ3v) is 5.48. The maximum Gasteiger partial charge on any atom is 0.329 e. The number of imide groups is 1. The zero-order valence-corrected chi connectivity index (χ0v) is 18.5. The number of halogens is 1. The molecule has 4 rings (SSSR count). The van der Waals surface area contributed by atoms with E-state index in [0.29, 0.717) is 39.5 Å². The second-order valence-corrected chi connectivity index (χ2v) is 8.00.